The van der Waals surface area contributed by atoms with Crippen LogP contribution in [0.3, 0.4) is 0 Å². The summed E-state index contributed by atoms with van der Waals surface area (Å²) in [6.07, 6.45) is 1.38. The van der Waals surface area contributed by atoms with E-state index in [9.17, 15) is 27.7 Å². The van der Waals surface area contributed by atoms with Gasteiger partial charge < -0.3 is 4.74 Å². The fourth-order valence-electron chi connectivity index (χ4n) is 3.52. The molecule has 0 aliphatic carbocycles. The van der Waals surface area contributed by atoms with Gasteiger partial charge in [0.15, 0.2) is 0 Å². The second-order valence-corrected chi connectivity index (χ2v) is 10.2. The molecule has 40 heavy (non-hydrogen) atoms. The lowest BCUT2D eigenvalue weighted by Gasteiger charge is -2.23. The number of nitro benzene ring substituents is 1. The largest absolute Gasteiger partial charge is 0.489 e. The molecule has 204 valence electrons. The molecule has 1 N–H and O–H groups in total. The van der Waals surface area contributed by atoms with Crippen molar-refractivity contribution in [1.29, 1.82) is 0 Å². The van der Waals surface area contributed by atoms with Gasteiger partial charge in [0.05, 0.1) is 21.7 Å². The highest BCUT2D eigenvalue weighted by molar-refractivity contribution is 7.92. The first-order chi connectivity index (χ1) is 19.2. The summed E-state index contributed by atoms with van der Waals surface area (Å²) in [5.74, 6) is -0.693. The molecule has 0 saturated heterocycles. The summed E-state index contributed by atoms with van der Waals surface area (Å²) in [7, 11) is -4.12. The van der Waals surface area contributed by atoms with Crippen LogP contribution in [-0.4, -0.2) is 32.0 Å². The summed E-state index contributed by atoms with van der Waals surface area (Å²) in [6, 6.07) is 25.2. The van der Waals surface area contributed by atoms with E-state index in [4.69, 9.17) is 4.74 Å². The van der Waals surface area contributed by atoms with E-state index < -0.39 is 33.2 Å². The maximum atomic E-state index is 13.4. The fraction of sp³-hybridized carbons (Fsp3) is 0.0714. The Hall–Kier alpha value is -5.10. The second-order valence-electron chi connectivity index (χ2n) is 8.38. The number of carbonyl (C=O) groups excluding carboxylic acids is 1. The van der Waals surface area contributed by atoms with Crippen molar-refractivity contribution in [3.05, 3.63) is 130 Å². The molecule has 0 aliphatic heterocycles. The van der Waals surface area contributed by atoms with Crippen molar-refractivity contribution in [1.82, 2.24) is 5.43 Å². The van der Waals surface area contributed by atoms with Gasteiger partial charge in [0.25, 0.3) is 21.6 Å². The van der Waals surface area contributed by atoms with Crippen LogP contribution in [0.1, 0.15) is 11.1 Å². The number of halogens is 1. The third-order valence-corrected chi connectivity index (χ3v) is 7.36. The van der Waals surface area contributed by atoms with E-state index in [0.29, 0.717) is 11.3 Å². The number of amides is 1. The molecular weight excluding hydrogens is 539 g/mol. The highest BCUT2D eigenvalue weighted by atomic mass is 32.2. The minimum atomic E-state index is -4.12. The zero-order valence-electron chi connectivity index (χ0n) is 20.9. The Morgan fingerprint density at radius 2 is 1.60 bits per heavy atom. The number of carbonyl (C=O) groups is 1. The number of sulfonamides is 1. The van der Waals surface area contributed by atoms with E-state index in [1.54, 1.807) is 54.6 Å². The van der Waals surface area contributed by atoms with Gasteiger partial charge in [-0.2, -0.15) is 5.10 Å². The first kappa shape index (κ1) is 27.9. The lowest BCUT2D eigenvalue weighted by Crippen LogP contribution is -2.39. The number of benzene rings is 4. The van der Waals surface area contributed by atoms with Crippen molar-refractivity contribution >= 4 is 33.5 Å². The minimum Gasteiger partial charge on any atom is -0.489 e. The molecule has 0 aliphatic rings. The second kappa shape index (κ2) is 12.6. The van der Waals surface area contributed by atoms with Crippen LogP contribution >= 0.6 is 0 Å². The SMILES string of the molecule is O=C(CN(c1ccc(F)cc1)S(=O)(=O)c1ccccc1)NN=Cc1ccc(OCc2ccc([N+](=O)[O-])cc2)cc1. The minimum absolute atomic E-state index is 0.000429. The maximum absolute atomic E-state index is 13.4. The van der Waals surface area contributed by atoms with Gasteiger partial charge in [-0.3, -0.25) is 19.2 Å². The number of hydrogen-bond donors (Lipinski definition) is 1. The molecule has 4 rings (SSSR count). The zero-order valence-corrected chi connectivity index (χ0v) is 21.7. The van der Waals surface area contributed by atoms with Crippen LogP contribution in [0.25, 0.3) is 0 Å². The molecule has 0 atom stereocenters. The first-order valence-electron chi connectivity index (χ1n) is 11.8. The van der Waals surface area contributed by atoms with Gasteiger partial charge >= 0.3 is 0 Å². The Morgan fingerprint density at radius 3 is 2.23 bits per heavy atom. The molecule has 0 saturated carbocycles. The summed E-state index contributed by atoms with van der Waals surface area (Å²) in [5.41, 5.74) is 3.83. The third kappa shape index (κ3) is 7.26. The number of rotatable bonds is 11. The Morgan fingerprint density at radius 1 is 0.950 bits per heavy atom. The Kier molecular flexibility index (Phi) is 8.82. The van der Waals surface area contributed by atoms with Gasteiger partial charge in [0.2, 0.25) is 0 Å². The number of non-ortho nitro benzene ring substituents is 1. The number of ether oxygens (including phenoxy) is 1. The molecule has 0 radical (unpaired) electrons. The van der Waals surface area contributed by atoms with Gasteiger partial charge in [-0.1, -0.05) is 18.2 Å². The van der Waals surface area contributed by atoms with Crippen LogP contribution in [0.2, 0.25) is 0 Å². The van der Waals surface area contributed by atoms with Crippen molar-refractivity contribution in [2.75, 3.05) is 10.8 Å². The summed E-state index contributed by atoms with van der Waals surface area (Å²) in [5, 5.41) is 14.6. The van der Waals surface area contributed by atoms with E-state index in [1.807, 2.05) is 0 Å². The molecular formula is C28H23FN4O6S. The third-order valence-electron chi connectivity index (χ3n) is 5.57. The molecule has 4 aromatic rings. The average molecular weight is 563 g/mol. The van der Waals surface area contributed by atoms with Gasteiger partial charge in [0.1, 0.15) is 24.7 Å². The normalized spacial score (nSPS) is 11.2. The summed E-state index contributed by atoms with van der Waals surface area (Å²) in [6.45, 7) is -0.368. The van der Waals surface area contributed by atoms with Gasteiger partial charge in [-0.05, 0) is 83.9 Å². The fourth-order valence-corrected chi connectivity index (χ4v) is 4.96. The van der Waals surface area contributed by atoms with E-state index in [0.717, 1.165) is 22.0 Å². The Bertz CT molecular complexity index is 1600. The van der Waals surface area contributed by atoms with Crippen molar-refractivity contribution in [2.45, 2.75) is 11.5 Å². The smallest absolute Gasteiger partial charge is 0.269 e. The van der Waals surface area contributed by atoms with Crippen LogP contribution in [0.5, 0.6) is 5.75 Å². The van der Waals surface area contributed by atoms with Crippen LogP contribution in [-0.2, 0) is 21.4 Å². The van der Waals surface area contributed by atoms with E-state index in [2.05, 4.69) is 10.5 Å². The summed E-state index contributed by atoms with van der Waals surface area (Å²) >= 11 is 0. The van der Waals surface area contributed by atoms with E-state index >= 15 is 0 Å². The molecule has 0 fully saturated rings. The van der Waals surface area contributed by atoms with Gasteiger partial charge in [-0.25, -0.2) is 18.2 Å². The summed E-state index contributed by atoms with van der Waals surface area (Å²) in [4.78, 5) is 22.9. The predicted molar refractivity (Wildman–Crippen MR) is 147 cm³/mol. The molecule has 12 heteroatoms. The maximum Gasteiger partial charge on any atom is 0.269 e. The van der Waals surface area contributed by atoms with Crippen molar-refractivity contribution in [3.63, 3.8) is 0 Å². The van der Waals surface area contributed by atoms with E-state index in [1.165, 1.54) is 42.6 Å². The van der Waals surface area contributed by atoms with Crippen LogP contribution in [0, 0.1) is 15.9 Å². The van der Waals surface area contributed by atoms with E-state index in [-0.39, 0.29) is 22.9 Å². The molecule has 10 nitrogen and oxygen atoms in total. The molecule has 0 aromatic heterocycles. The van der Waals surface area contributed by atoms with Crippen molar-refractivity contribution in [3.8, 4) is 5.75 Å². The number of nitrogens with zero attached hydrogens (tertiary/aromatic N) is 3. The Labute approximate surface area is 229 Å². The highest BCUT2D eigenvalue weighted by Gasteiger charge is 2.27. The Balaban J connectivity index is 1.36. The number of nitrogens with one attached hydrogen (secondary N) is 1. The quantitative estimate of drug-likeness (QED) is 0.161. The van der Waals surface area contributed by atoms with Crippen LogP contribution in [0.4, 0.5) is 15.8 Å². The van der Waals surface area contributed by atoms with Gasteiger partial charge in [-0.15, -0.1) is 0 Å². The average Bonchev–Trinajstić information content (AvgIpc) is 2.96. The standard InChI is InChI=1S/C28H23FN4O6S/c29-23-10-14-24(15-11-23)32(40(37,38)27-4-2-1-3-5-27)19-28(34)31-30-18-21-8-16-26(17-9-21)39-20-22-6-12-25(13-7-22)33(35)36/h1-18H,19-20H2,(H,31,34). The molecule has 1 amide bonds. The van der Waals surface area contributed by atoms with Crippen LogP contribution in [0.15, 0.2) is 113 Å². The number of anilines is 1. The molecule has 0 spiro atoms. The molecule has 0 unspecified atom stereocenters. The van der Waals surface area contributed by atoms with Crippen molar-refractivity contribution in [2.24, 2.45) is 5.10 Å². The van der Waals surface area contributed by atoms with Crippen molar-refractivity contribution < 1.29 is 27.3 Å². The molecule has 0 bridgehead atoms. The van der Waals surface area contributed by atoms with Crippen LogP contribution < -0.4 is 14.5 Å². The molecule has 0 heterocycles. The topological polar surface area (TPSA) is 131 Å². The number of hydrazone groups is 1. The summed E-state index contributed by atoms with van der Waals surface area (Å²) < 4.78 is 46.5. The first-order valence-corrected chi connectivity index (χ1v) is 13.3. The zero-order chi connectivity index (χ0) is 28.5. The number of nitro groups is 1. The lowest BCUT2D eigenvalue weighted by atomic mass is 10.2. The number of hydrogen-bond acceptors (Lipinski definition) is 7. The molecule has 4 aromatic carbocycles. The highest BCUT2D eigenvalue weighted by Crippen LogP contribution is 2.24. The van der Waals surface area contributed by atoms with Gasteiger partial charge in [0, 0.05) is 12.1 Å². The monoisotopic (exact) mass is 562 g/mol. The lowest BCUT2D eigenvalue weighted by molar-refractivity contribution is -0.384. The predicted octanol–water partition coefficient (Wildman–Crippen LogP) is 4.66.